The average Bonchev–Trinajstić information content (AvgIpc) is 2.79. The Morgan fingerprint density at radius 1 is 1.10 bits per heavy atom. The third-order valence-electron chi connectivity index (χ3n) is 5.55. The van der Waals surface area contributed by atoms with Crippen molar-refractivity contribution in [3.63, 3.8) is 0 Å². The molecule has 0 saturated carbocycles. The first-order valence-corrected chi connectivity index (χ1v) is 10.6. The van der Waals surface area contributed by atoms with E-state index < -0.39 is 12.0 Å². The largest absolute Gasteiger partial charge is 0.496 e. The van der Waals surface area contributed by atoms with E-state index in [1.807, 2.05) is 30.3 Å². The number of carbonyl (C=O) groups is 1. The van der Waals surface area contributed by atoms with E-state index in [1.54, 1.807) is 18.2 Å². The molecule has 0 fully saturated rings. The molecule has 31 heavy (non-hydrogen) atoms. The van der Waals surface area contributed by atoms with Crippen LogP contribution in [0.15, 0.2) is 66.7 Å². The van der Waals surface area contributed by atoms with Gasteiger partial charge in [-0.3, -0.25) is 9.63 Å². The van der Waals surface area contributed by atoms with E-state index in [4.69, 9.17) is 21.2 Å². The van der Waals surface area contributed by atoms with Gasteiger partial charge in [0.15, 0.2) is 0 Å². The van der Waals surface area contributed by atoms with E-state index in [2.05, 4.69) is 35.6 Å². The summed E-state index contributed by atoms with van der Waals surface area (Å²) >= 11 is 6.08. The van der Waals surface area contributed by atoms with Crippen LogP contribution in [0.25, 0.3) is 0 Å². The maximum Gasteiger partial charge on any atom is 0.278 e. The number of rotatable bonds is 6. The predicted molar refractivity (Wildman–Crippen MR) is 121 cm³/mol. The van der Waals surface area contributed by atoms with Crippen LogP contribution in [0.3, 0.4) is 0 Å². The van der Waals surface area contributed by atoms with E-state index >= 15 is 0 Å². The van der Waals surface area contributed by atoms with Crippen molar-refractivity contribution in [2.75, 3.05) is 20.7 Å². The van der Waals surface area contributed by atoms with Gasteiger partial charge in [0.2, 0.25) is 0 Å². The Bertz CT molecular complexity index is 1070. The van der Waals surface area contributed by atoms with Crippen LogP contribution in [0.1, 0.15) is 38.7 Å². The lowest BCUT2D eigenvalue weighted by molar-refractivity contribution is -0.000239. The van der Waals surface area contributed by atoms with Crippen molar-refractivity contribution in [1.82, 2.24) is 10.4 Å². The van der Waals surface area contributed by atoms with E-state index in [0.717, 1.165) is 30.6 Å². The molecule has 0 bridgehead atoms. The Labute approximate surface area is 187 Å². The van der Waals surface area contributed by atoms with Gasteiger partial charge in [-0.25, -0.2) is 5.48 Å². The van der Waals surface area contributed by atoms with E-state index in [-0.39, 0.29) is 0 Å². The quantitative estimate of drug-likeness (QED) is 0.564. The van der Waals surface area contributed by atoms with Crippen LogP contribution < -0.4 is 10.2 Å². The van der Waals surface area contributed by atoms with Crippen LogP contribution in [0, 0.1) is 0 Å². The fraction of sp³-hybridized carbons (Fsp3) is 0.240. The fourth-order valence-electron chi connectivity index (χ4n) is 3.99. The minimum Gasteiger partial charge on any atom is -0.496 e. The monoisotopic (exact) mass is 436 g/mol. The summed E-state index contributed by atoms with van der Waals surface area (Å²) in [5.74, 6) is 0.0201. The van der Waals surface area contributed by atoms with Crippen molar-refractivity contribution in [2.45, 2.75) is 19.1 Å². The Morgan fingerprint density at radius 2 is 1.90 bits per heavy atom. The Hall–Kier alpha value is -2.86. The zero-order chi connectivity index (χ0) is 21.8. The lowest BCUT2D eigenvalue weighted by Crippen LogP contribution is -2.30. The molecule has 0 aromatic heterocycles. The first-order chi connectivity index (χ1) is 15.1. The van der Waals surface area contributed by atoms with Crippen molar-refractivity contribution >= 4 is 17.5 Å². The highest BCUT2D eigenvalue weighted by Crippen LogP contribution is 2.32. The highest BCUT2D eigenvalue weighted by Gasteiger charge is 2.25. The third-order valence-corrected chi connectivity index (χ3v) is 5.79. The fourth-order valence-corrected chi connectivity index (χ4v) is 4.16. The second-order valence-electron chi connectivity index (χ2n) is 7.66. The summed E-state index contributed by atoms with van der Waals surface area (Å²) in [4.78, 5) is 21.2. The second-order valence-corrected chi connectivity index (χ2v) is 8.09. The SMILES string of the molecule is COc1ccc(Cl)cc1C(=O)NOC(c1ccccc1)c1cccc2c1CCN(C)C2. The zero-order valence-corrected chi connectivity index (χ0v) is 18.4. The number of ether oxygens (including phenoxy) is 1. The minimum atomic E-state index is -0.436. The molecule has 1 heterocycles. The molecule has 1 aliphatic rings. The standard InChI is InChI=1S/C25H25ClN2O3/c1-28-14-13-20-18(16-28)9-6-10-21(20)24(17-7-4-3-5-8-17)31-27-25(29)22-15-19(26)11-12-23(22)30-2/h3-12,15,24H,13-14,16H2,1-2H3,(H,27,29). The Balaban J connectivity index is 1.65. The number of amides is 1. The van der Waals surface area contributed by atoms with Crippen LogP contribution in [0.2, 0.25) is 5.02 Å². The van der Waals surface area contributed by atoms with E-state index in [1.165, 1.54) is 18.2 Å². The number of nitrogens with one attached hydrogen (secondary N) is 1. The normalized spacial score (nSPS) is 14.5. The lowest BCUT2D eigenvalue weighted by atomic mass is 9.89. The molecule has 4 rings (SSSR count). The number of likely N-dealkylation sites (N-methyl/N-ethyl adjacent to an activating group) is 1. The number of hydrogen-bond donors (Lipinski definition) is 1. The molecule has 3 aromatic carbocycles. The van der Waals surface area contributed by atoms with Crippen LogP contribution in [-0.4, -0.2) is 31.5 Å². The highest BCUT2D eigenvalue weighted by atomic mass is 35.5. The smallest absolute Gasteiger partial charge is 0.278 e. The Kier molecular flexibility index (Phi) is 6.56. The van der Waals surface area contributed by atoms with Gasteiger partial charge in [-0.2, -0.15) is 0 Å². The zero-order valence-electron chi connectivity index (χ0n) is 17.6. The van der Waals surface area contributed by atoms with Gasteiger partial charge < -0.3 is 9.64 Å². The first-order valence-electron chi connectivity index (χ1n) is 10.2. The minimum absolute atomic E-state index is 0.318. The van der Waals surface area contributed by atoms with Gasteiger partial charge in [0.1, 0.15) is 11.9 Å². The lowest BCUT2D eigenvalue weighted by Gasteiger charge is -2.29. The van der Waals surface area contributed by atoms with Crippen molar-refractivity contribution in [3.8, 4) is 5.75 Å². The van der Waals surface area contributed by atoms with Crippen molar-refractivity contribution in [3.05, 3.63) is 99.6 Å². The highest BCUT2D eigenvalue weighted by molar-refractivity contribution is 6.31. The van der Waals surface area contributed by atoms with Gasteiger partial charge in [0.05, 0.1) is 12.7 Å². The van der Waals surface area contributed by atoms with Crippen LogP contribution >= 0.6 is 11.6 Å². The number of methoxy groups -OCH3 is 1. The molecule has 1 aliphatic heterocycles. The molecule has 0 radical (unpaired) electrons. The third kappa shape index (κ3) is 4.74. The molecule has 1 unspecified atom stereocenters. The maximum atomic E-state index is 12.9. The van der Waals surface area contributed by atoms with E-state index in [9.17, 15) is 4.79 Å². The molecule has 6 heteroatoms. The first kappa shape index (κ1) is 21.4. The molecular weight excluding hydrogens is 412 g/mol. The topological polar surface area (TPSA) is 50.8 Å². The number of benzene rings is 3. The van der Waals surface area contributed by atoms with Crippen LogP contribution in [0.5, 0.6) is 5.75 Å². The van der Waals surface area contributed by atoms with Gasteiger partial charge in [-0.05, 0) is 53.9 Å². The van der Waals surface area contributed by atoms with Crippen LogP contribution in [0.4, 0.5) is 0 Å². The van der Waals surface area contributed by atoms with Crippen LogP contribution in [-0.2, 0) is 17.8 Å². The Morgan fingerprint density at radius 3 is 2.68 bits per heavy atom. The molecule has 1 atom stereocenters. The molecule has 0 saturated heterocycles. The number of hydrogen-bond acceptors (Lipinski definition) is 4. The summed E-state index contributed by atoms with van der Waals surface area (Å²) in [6, 6.07) is 21.1. The molecule has 0 aliphatic carbocycles. The summed E-state index contributed by atoms with van der Waals surface area (Å²) in [7, 11) is 3.64. The molecule has 1 amide bonds. The summed E-state index contributed by atoms with van der Waals surface area (Å²) in [5, 5.41) is 0.451. The number of hydroxylamine groups is 1. The summed E-state index contributed by atoms with van der Waals surface area (Å²) in [6.07, 6.45) is 0.499. The van der Waals surface area contributed by atoms with Gasteiger partial charge in [-0.15, -0.1) is 0 Å². The summed E-state index contributed by atoms with van der Waals surface area (Å²) < 4.78 is 5.30. The molecule has 3 aromatic rings. The number of carbonyl (C=O) groups excluding carboxylic acids is 1. The average molecular weight is 437 g/mol. The molecule has 0 spiro atoms. The predicted octanol–water partition coefficient (Wildman–Crippen LogP) is 4.79. The summed E-state index contributed by atoms with van der Waals surface area (Å²) in [6.45, 7) is 1.88. The van der Waals surface area contributed by atoms with Crippen molar-refractivity contribution < 1.29 is 14.4 Å². The summed E-state index contributed by atoms with van der Waals surface area (Å²) in [5.41, 5.74) is 7.55. The van der Waals surface area contributed by atoms with E-state index in [0.29, 0.717) is 16.3 Å². The molecule has 1 N–H and O–H groups in total. The second kappa shape index (κ2) is 9.52. The molecule has 160 valence electrons. The molecule has 5 nitrogen and oxygen atoms in total. The van der Waals surface area contributed by atoms with Gasteiger partial charge in [0.25, 0.3) is 5.91 Å². The van der Waals surface area contributed by atoms with Gasteiger partial charge in [0, 0.05) is 18.1 Å². The molecular formula is C25H25ClN2O3. The van der Waals surface area contributed by atoms with Gasteiger partial charge in [-0.1, -0.05) is 60.1 Å². The maximum absolute atomic E-state index is 12.9. The number of nitrogens with zero attached hydrogens (tertiary/aromatic N) is 1. The van der Waals surface area contributed by atoms with Crippen molar-refractivity contribution in [1.29, 1.82) is 0 Å². The van der Waals surface area contributed by atoms with Gasteiger partial charge >= 0.3 is 0 Å². The number of fused-ring (bicyclic) bond motifs is 1. The number of halogens is 1. The van der Waals surface area contributed by atoms with Crippen molar-refractivity contribution in [2.24, 2.45) is 0 Å².